The fraction of sp³-hybridized carbons (Fsp3) is 0.615. The highest BCUT2D eigenvalue weighted by Crippen LogP contribution is 2.48. The zero-order valence-electron chi connectivity index (χ0n) is 10.3. The highest BCUT2D eigenvalue weighted by atomic mass is 15.2. The highest BCUT2D eigenvalue weighted by molar-refractivity contribution is 5.61. The van der Waals surface area contributed by atoms with E-state index < -0.39 is 0 Å². The number of nitrogens with one attached hydrogen (secondary N) is 1. The third-order valence-corrected chi connectivity index (χ3v) is 4.63. The Morgan fingerprint density at radius 2 is 2.33 bits per heavy atom. The van der Waals surface area contributed by atoms with E-state index in [0.29, 0.717) is 0 Å². The first-order chi connectivity index (χ1) is 8.90. The second-order valence-electron chi connectivity index (χ2n) is 5.65. The molecule has 2 aromatic rings. The Labute approximate surface area is 106 Å². The van der Waals surface area contributed by atoms with Gasteiger partial charge in [0.1, 0.15) is 6.33 Å². The third kappa shape index (κ3) is 1.57. The summed E-state index contributed by atoms with van der Waals surface area (Å²) in [6.07, 6.45) is 11.1. The minimum absolute atomic E-state index is 0.820. The first-order valence-corrected chi connectivity index (χ1v) is 6.78. The van der Waals surface area contributed by atoms with Crippen LogP contribution >= 0.6 is 0 Å². The molecule has 2 aromatic heterocycles. The molecule has 0 amide bonds. The van der Waals surface area contributed by atoms with Gasteiger partial charge in [-0.05, 0) is 37.0 Å². The summed E-state index contributed by atoms with van der Waals surface area (Å²) in [7, 11) is 0. The maximum Gasteiger partial charge on any atom is 0.203 e. The van der Waals surface area contributed by atoms with E-state index in [1.807, 2.05) is 10.6 Å². The molecular weight excluding hydrogens is 226 g/mol. The molecule has 1 N–H and O–H groups in total. The molecule has 5 nitrogen and oxygen atoms in total. The molecule has 2 bridgehead atoms. The van der Waals surface area contributed by atoms with E-state index >= 15 is 0 Å². The van der Waals surface area contributed by atoms with Gasteiger partial charge in [-0.2, -0.15) is 0 Å². The van der Waals surface area contributed by atoms with Crippen LogP contribution in [0.15, 0.2) is 18.7 Å². The van der Waals surface area contributed by atoms with Crippen LogP contribution < -0.4 is 5.32 Å². The zero-order chi connectivity index (χ0) is 11.9. The van der Waals surface area contributed by atoms with E-state index in [9.17, 15) is 0 Å². The normalized spacial score (nSPS) is 30.1. The summed E-state index contributed by atoms with van der Waals surface area (Å²) >= 11 is 0. The summed E-state index contributed by atoms with van der Waals surface area (Å²) in [6, 6.07) is 0. The zero-order valence-corrected chi connectivity index (χ0v) is 10.3. The van der Waals surface area contributed by atoms with Crippen molar-refractivity contribution >= 4 is 11.5 Å². The Bertz CT molecular complexity index is 563. The Morgan fingerprint density at radius 1 is 1.33 bits per heavy atom. The number of hydrogen-bond donors (Lipinski definition) is 1. The van der Waals surface area contributed by atoms with Gasteiger partial charge in [-0.25, -0.2) is 4.98 Å². The van der Waals surface area contributed by atoms with Crippen LogP contribution in [0.2, 0.25) is 0 Å². The van der Waals surface area contributed by atoms with Crippen molar-refractivity contribution in [2.24, 2.45) is 17.8 Å². The first-order valence-electron chi connectivity index (χ1n) is 6.78. The molecule has 2 fully saturated rings. The van der Waals surface area contributed by atoms with E-state index in [1.54, 1.807) is 12.5 Å². The molecule has 3 unspecified atom stereocenters. The van der Waals surface area contributed by atoms with Crippen molar-refractivity contribution in [3.05, 3.63) is 18.7 Å². The molecule has 2 aliphatic carbocycles. The smallest absolute Gasteiger partial charge is 0.203 e. The molecule has 3 atom stereocenters. The second kappa shape index (κ2) is 3.93. The van der Waals surface area contributed by atoms with Gasteiger partial charge in [-0.3, -0.25) is 4.40 Å². The number of nitrogens with zero attached hydrogens (tertiary/aromatic N) is 4. The number of hydrogen-bond acceptors (Lipinski definition) is 4. The van der Waals surface area contributed by atoms with Gasteiger partial charge < -0.3 is 5.32 Å². The molecule has 0 saturated heterocycles. The summed E-state index contributed by atoms with van der Waals surface area (Å²) < 4.78 is 1.90. The van der Waals surface area contributed by atoms with Crippen LogP contribution in [0.3, 0.4) is 0 Å². The molecule has 0 aliphatic heterocycles. The molecule has 0 radical (unpaired) electrons. The van der Waals surface area contributed by atoms with Gasteiger partial charge >= 0.3 is 0 Å². The topological polar surface area (TPSA) is 55.1 Å². The molecule has 2 saturated carbocycles. The molecule has 2 aliphatic rings. The fourth-order valence-corrected chi connectivity index (χ4v) is 3.74. The summed E-state index contributed by atoms with van der Waals surface area (Å²) in [6.45, 7) is 1.03. The van der Waals surface area contributed by atoms with Gasteiger partial charge in [-0.1, -0.05) is 6.42 Å². The van der Waals surface area contributed by atoms with Crippen LogP contribution in [0, 0.1) is 17.8 Å². The maximum atomic E-state index is 4.37. The van der Waals surface area contributed by atoms with Gasteiger partial charge in [0.25, 0.3) is 0 Å². The molecule has 0 aromatic carbocycles. The van der Waals surface area contributed by atoms with E-state index in [0.717, 1.165) is 35.8 Å². The number of fused-ring (bicyclic) bond motifs is 3. The average Bonchev–Trinajstić information content (AvgIpc) is 3.11. The number of anilines is 1. The lowest BCUT2D eigenvalue weighted by Crippen LogP contribution is -2.20. The number of aromatic nitrogens is 4. The minimum atomic E-state index is 0.820. The van der Waals surface area contributed by atoms with Crippen molar-refractivity contribution < 1.29 is 0 Å². The quantitative estimate of drug-likeness (QED) is 0.895. The monoisotopic (exact) mass is 243 g/mol. The summed E-state index contributed by atoms with van der Waals surface area (Å²) in [5.74, 6) is 3.63. The summed E-state index contributed by atoms with van der Waals surface area (Å²) in [4.78, 5) is 4.37. The lowest BCUT2D eigenvalue weighted by molar-refractivity contribution is 0.348. The second-order valence-corrected chi connectivity index (χ2v) is 5.65. The van der Waals surface area contributed by atoms with Gasteiger partial charge in [-0.15, -0.1) is 10.2 Å². The van der Waals surface area contributed by atoms with Gasteiger partial charge in [0.15, 0.2) is 5.82 Å². The summed E-state index contributed by atoms with van der Waals surface area (Å²) in [5, 5.41) is 11.5. The average molecular weight is 243 g/mol. The molecule has 4 rings (SSSR count). The lowest BCUT2D eigenvalue weighted by Gasteiger charge is -2.22. The number of rotatable bonds is 3. The Hall–Kier alpha value is -1.65. The molecule has 2 heterocycles. The van der Waals surface area contributed by atoms with Gasteiger partial charge in [0, 0.05) is 18.9 Å². The van der Waals surface area contributed by atoms with Crippen molar-refractivity contribution in [3.63, 3.8) is 0 Å². The van der Waals surface area contributed by atoms with Crippen molar-refractivity contribution in [1.82, 2.24) is 19.6 Å². The predicted octanol–water partition coefficient (Wildman–Crippen LogP) is 1.97. The van der Waals surface area contributed by atoms with Crippen LogP contribution in [-0.4, -0.2) is 26.1 Å². The van der Waals surface area contributed by atoms with E-state index in [2.05, 4.69) is 20.5 Å². The highest BCUT2D eigenvalue weighted by Gasteiger charge is 2.39. The molecule has 0 spiro atoms. The Balaban J connectivity index is 1.50. The van der Waals surface area contributed by atoms with Crippen LogP contribution in [-0.2, 0) is 0 Å². The van der Waals surface area contributed by atoms with Crippen molar-refractivity contribution in [1.29, 1.82) is 0 Å². The van der Waals surface area contributed by atoms with Crippen LogP contribution in [0.5, 0.6) is 0 Å². The van der Waals surface area contributed by atoms with Crippen LogP contribution in [0.1, 0.15) is 25.7 Å². The standard InChI is InChI=1S/C13H17N5/c1-2-10-5-9(1)6-11(10)7-15-12-13-17-16-8-18(13)4-3-14-12/h3-4,8-11H,1-2,5-7H2,(H,14,15). The minimum Gasteiger partial charge on any atom is -0.367 e. The van der Waals surface area contributed by atoms with E-state index in [-0.39, 0.29) is 0 Å². The molecule has 5 heteroatoms. The molecular formula is C13H17N5. The Kier molecular flexibility index (Phi) is 2.25. The predicted molar refractivity (Wildman–Crippen MR) is 68.2 cm³/mol. The molecule has 18 heavy (non-hydrogen) atoms. The van der Waals surface area contributed by atoms with E-state index in [1.165, 1.54) is 25.7 Å². The SMILES string of the molecule is c1cn2cnnc2c(NCC2CC3CCC2C3)n1. The summed E-state index contributed by atoms with van der Waals surface area (Å²) in [5.41, 5.74) is 0.820. The fourth-order valence-electron chi connectivity index (χ4n) is 3.74. The molecule has 94 valence electrons. The largest absolute Gasteiger partial charge is 0.367 e. The first kappa shape index (κ1) is 10.3. The maximum absolute atomic E-state index is 4.37. The van der Waals surface area contributed by atoms with Gasteiger partial charge in [0.05, 0.1) is 0 Å². The van der Waals surface area contributed by atoms with Crippen molar-refractivity contribution in [2.45, 2.75) is 25.7 Å². The van der Waals surface area contributed by atoms with Crippen LogP contribution in [0.25, 0.3) is 5.65 Å². The van der Waals surface area contributed by atoms with Crippen molar-refractivity contribution in [3.8, 4) is 0 Å². The Morgan fingerprint density at radius 3 is 3.17 bits per heavy atom. The van der Waals surface area contributed by atoms with Crippen LogP contribution in [0.4, 0.5) is 5.82 Å². The third-order valence-electron chi connectivity index (χ3n) is 4.63. The van der Waals surface area contributed by atoms with Gasteiger partial charge in [0.2, 0.25) is 5.65 Å². The van der Waals surface area contributed by atoms with E-state index in [4.69, 9.17) is 0 Å². The lowest BCUT2D eigenvalue weighted by atomic mass is 9.89. The van der Waals surface area contributed by atoms with Crippen molar-refractivity contribution in [2.75, 3.05) is 11.9 Å².